The Bertz CT molecular complexity index is 1360. The second kappa shape index (κ2) is 12.3. The van der Waals surface area contributed by atoms with E-state index >= 15 is 0 Å². The summed E-state index contributed by atoms with van der Waals surface area (Å²) in [6.07, 6.45) is 6.15. The monoisotopic (exact) mass is 590 g/mol. The summed E-state index contributed by atoms with van der Waals surface area (Å²) in [5.74, 6) is 2.53. The second-order valence-corrected chi connectivity index (χ2v) is 17.9. The van der Waals surface area contributed by atoms with Gasteiger partial charge in [0.05, 0.1) is 18.4 Å². The van der Waals surface area contributed by atoms with Crippen molar-refractivity contribution in [2.75, 3.05) is 0 Å². The van der Waals surface area contributed by atoms with E-state index in [1.165, 1.54) is 5.56 Å². The molecule has 186 valence electrons. The standard InChI is InChI=1S/C24H25N8.3CH3.Sn/c1-3-5-10-22-28-32-16-19(4-2)25-24(32)31(22)15-17-11-13-18(14-12-17)20-8-6-7-9-21(20)23-26-29-30-27-23;;;;/h6-9,11-14,16H,3-5,10,15H2,1-2H3;3*1H3;/q-1;;;;+1. The molecule has 0 N–H and O–H groups in total. The van der Waals surface area contributed by atoms with Crippen molar-refractivity contribution in [2.45, 2.75) is 60.9 Å². The van der Waals surface area contributed by atoms with Gasteiger partial charge < -0.3 is 5.10 Å². The summed E-state index contributed by atoms with van der Waals surface area (Å²) in [5.41, 5.74) is 5.35. The van der Waals surface area contributed by atoms with Crippen LogP contribution in [0.4, 0.5) is 0 Å². The first-order chi connectivity index (χ1) is 17.5. The zero-order valence-electron chi connectivity index (χ0n) is 21.8. The van der Waals surface area contributed by atoms with Gasteiger partial charge in [0.25, 0.3) is 0 Å². The molecule has 0 aliphatic rings. The molecule has 8 nitrogen and oxygen atoms in total. The van der Waals surface area contributed by atoms with Gasteiger partial charge in [-0.3, -0.25) is 14.9 Å². The zero-order chi connectivity index (χ0) is 25.5. The molecule has 0 bridgehead atoms. The molecule has 0 unspecified atom stereocenters. The maximum atomic E-state index is 4.81. The minimum atomic E-state index is -0.543. The molecule has 0 saturated heterocycles. The first kappa shape index (κ1) is 26.1. The zero-order valence-corrected chi connectivity index (χ0v) is 24.7. The summed E-state index contributed by atoms with van der Waals surface area (Å²) >= 11 is -0.543. The van der Waals surface area contributed by atoms with E-state index in [1.807, 2.05) is 28.9 Å². The molecule has 3 aromatic heterocycles. The summed E-state index contributed by atoms with van der Waals surface area (Å²) in [6, 6.07) is 16.7. The third-order valence-electron chi connectivity index (χ3n) is 5.70. The van der Waals surface area contributed by atoms with Crippen LogP contribution in [0, 0.1) is 0 Å². The Labute approximate surface area is 219 Å². The Morgan fingerprint density at radius 3 is 2.31 bits per heavy atom. The van der Waals surface area contributed by atoms with Crippen LogP contribution in [-0.4, -0.2) is 54.5 Å². The molecule has 5 rings (SSSR count). The van der Waals surface area contributed by atoms with Crippen molar-refractivity contribution in [2.24, 2.45) is 0 Å². The van der Waals surface area contributed by atoms with Gasteiger partial charge in [-0.05, 0) is 35.1 Å². The fraction of sp³-hybridized carbons (Fsp3) is 0.370. The molecule has 5 aromatic rings. The van der Waals surface area contributed by atoms with Crippen LogP contribution in [0.5, 0.6) is 0 Å². The Morgan fingerprint density at radius 1 is 0.944 bits per heavy atom. The van der Waals surface area contributed by atoms with Crippen molar-refractivity contribution >= 4 is 25.5 Å². The summed E-state index contributed by atoms with van der Waals surface area (Å²) in [5, 5.41) is 20.1. The minimum absolute atomic E-state index is 0.539. The summed E-state index contributed by atoms with van der Waals surface area (Å²) in [4.78, 5) is 11.9. The van der Waals surface area contributed by atoms with Crippen LogP contribution >= 0.6 is 0 Å². The summed E-state index contributed by atoms with van der Waals surface area (Å²) in [7, 11) is 0. The van der Waals surface area contributed by atoms with Crippen molar-refractivity contribution in [3.8, 4) is 22.5 Å². The van der Waals surface area contributed by atoms with Crippen LogP contribution in [-0.2, 0) is 19.4 Å². The van der Waals surface area contributed by atoms with Crippen LogP contribution in [0.3, 0.4) is 0 Å². The van der Waals surface area contributed by atoms with Crippen molar-refractivity contribution < 1.29 is 0 Å². The molecular formula is C27H34N8Sn. The first-order valence-electron chi connectivity index (χ1n) is 12.6. The van der Waals surface area contributed by atoms with Crippen LogP contribution < -0.4 is 5.10 Å². The van der Waals surface area contributed by atoms with E-state index in [4.69, 9.17) is 10.1 Å². The van der Waals surface area contributed by atoms with Gasteiger partial charge in [-0.1, -0.05) is 68.8 Å². The molecule has 0 saturated carbocycles. The molecule has 0 atom stereocenters. The molecular weight excluding hydrogens is 555 g/mol. The number of rotatable bonds is 8. The van der Waals surface area contributed by atoms with E-state index in [0.29, 0.717) is 5.82 Å². The number of benzene rings is 2. The molecule has 0 spiro atoms. The molecule has 0 amide bonds. The van der Waals surface area contributed by atoms with Crippen LogP contribution in [0.25, 0.3) is 28.3 Å². The van der Waals surface area contributed by atoms with Crippen molar-refractivity contribution in [3.05, 3.63) is 71.8 Å². The molecule has 3 heterocycles. The van der Waals surface area contributed by atoms with Gasteiger partial charge >= 0.3 is 34.6 Å². The normalized spacial score (nSPS) is 10.9. The van der Waals surface area contributed by atoms with Crippen molar-refractivity contribution in [3.63, 3.8) is 0 Å². The van der Waals surface area contributed by atoms with Crippen molar-refractivity contribution in [1.29, 1.82) is 0 Å². The average Bonchev–Trinajstić information content (AvgIpc) is 3.61. The number of nitrogens with zero attached hydrogens (tertiary/aromatic N) is 8. The number of aryl methyl sites for hydroxylation is 2. The Kier molecular flexibility index (Phi) is 8.90. The van der Waals surface area contributed by atoms with E-state index in [-0.39, 0.29) is 0 Å². The second-order valence-electron chi connectivity index (χ2n) is 9.38. The van der Waals surface area contributed by atoms with Crippen molar-refractivity contribution in [1.82, 2.24) is 39.8 Å². The number of imidazole rings is 1. The molecule has 0 fully saturated rings. The Morgan fingerprint density at radius 2 is 1.67 bits per heavy atom. The molecule has 0 radical (unpaired) electrons. The molecule has 9 heteroatoms. The Balaban J connectivity index is 0.000000709. The maximum absolute atomic E-state index is 4.81. The SMILES string of the molecule is CCCCc1nn2cc(CC)nc2n1Cc1ccc(-c2ccccc2-c2nnn[n-]2)cc1.[CH3][Sn+]([CH3])[CH3]. The third-order valence-corrected chi connectivity index (χ3v) is 5.70. The van der Waals surface area contributed by atoms with Gasteiger partial charge in [-0.15, -0.1) is 0 Å². The van der Waals surface area contributed by atoms with Crippen LogP contribution in [0.2, 0.25) is 14.8 Å². The number of fused-ring (bicyclic) bond motifs is 1. The van der Waals surface area contributed by atoms with Crippen LogP contribution in [0.1, 0.15) is 43.8 Å². The predicted octanol–water partition coefficient (Wildman–Crippen LogP) is 5.33. The van der Waals surface area contributed by atoms with Gasteiger partial charge in [0.2, 0.25) is 5.78 Å². The van der Waals surface area contributed by atoms with E-state index in [9.17, 15) is 0 Å². The van der Waals surface area contributed by atoms with E-state index in [1.54, 1.807) is 0 Å². The average molecular weight is 589 g/mol. The number of hydrogen-bond donors (Lipinski definition) is 0. The first-order valence-corrected chi connectivity index (χ1v) is 21.1. The molecule has 0 aliphatic heterocycles. The van der Waals surface area contributed by atoms with E-state index in [2.05, 4.69) is 84.2 Å². The van der Waals surface area contributed by atoms with Gasteiger partial charge in [0.15, 0.2) is 0 Å². The summed E-state index contributed by atoms with van der Waals surface area (Å²) in [6.45, 7) is 5.06. The van der Waals surface area contributed by atoms with Gasteiger partial charge in [0.1, 0.15) is 5.82 Å². The van der Waals surface area contributed by atoms with Crippen LogP contribution in [0.15, 0.2) is 54.7 Å². The molecule has 0 aliphatic carbocycles. The fourth-order valence-electron chi connectivity index (χ4n) is 3.97. The summed E-state index contributed by atoms with van der Waals surface area (Å²) < 4.78 is 4.17. The number of hydrogen-bond acceptors (Lipinski definition) is 5. The quantitative estimate of drug-likeness (QED) is 0.228. The molecule has 36 heavy (non-hydrogen) atoms. The van der Waals surface area contributed by atoms with Gasteiger partial charge in [-0.25, -0.2) is 9.50 Å². The molecule has 2 aromatic carbocycles. The predicted molar refractivity (Wildman–Crippen MR) is 145 cm³/mol. The number of aromatic nitrogens is 8. The third kappa shape index (κ3) is 6.21. The van der Waals surface area contributed by atoms with Gasteiger partial charge in [0, 0.05) is 12.2 Å². The van der Waals surface area contributed by atoms with Gasteiger partial charge in [-0.2, -0.15) is 10.3 Å². The van der Waals surface area contributed by atoms with E-state index < -0.39 is 19.8 Å². The topological polar surface area (TPSA) is 87.9 Å². The Hall–Kier alpha value is -3.01. The van der Waals surface area contributed by atoms with E-state index in [0.717, 1.165) is 66.2 Å². The number of tetrazole rings is 1. The number of unbranched alkanes of at least 4 members (excludes halogenated alkanes) is 1. The fourth-order valence-corrected chi connectivity index (χ4v) is 3.97.